The van der Waals surface area contributed by atoms with E-state index in [1.807, 2.05) is 91.0 Å². The van der Waals surface area contributed by atoms with Gasteiger partial charge in [-0.2, -0.15) is 0 Å². The van der Waals surface area contributed by atoms with Crippen molar-refractivity contribution in [2.45, 2.75) is 44.4 Å². The highest BCUT2D eigenvalue weighted by Crippen LogP contribution is 2.25. The van der Waals surface area contributed by atoms with Gasteiger partial charge in [0.1, 0.15) is 67.6 Å². The van der Waals surface area contributed by atoms with Gasteiger partial charge in [-0.15, -0.1) is 0 Å². The molecule has 5 aromatic carbocycles. The number of methoxy groups -OCH3 is 2. The van der Waals surface area contributed by atoms with Crippen molar-refractivity contribution in [3.8, 4) is 17.2 Å². The molecule has 10 heteroatoms. The Labute approximate surface area is 362 Å². The highest BCUT2D eigenvalue weighted by atomic mass is 16.6. The Morgan fingerprint density at radius 2 is 0.574 bits per heavy atom. The van der Waals surface area contributed by atoms with Crippen molar-refractivity contribution in [1.82, 2.24) is 0 Å². The molecule has 0 N–H and O–H groups in total. The maximum Gasteiger partial charge on any atom is 0.119 e. The van der Waals surface area contributed by atoms with Crippen LogP contribution in [0.3, 0.4) is 0 Å². The molecule has 0 amide bonds. The van der Waals surface area contributed by atoms with Crippen LogP contribution < -0.4 is 14.2 Å². The second kappa shape index (κ2) is 27.7. The highest BCUT2D eigenvalue weighted by molar-refractivity contribution is 5.88. The molecule has 5 heterocycles. The van der Waals surface area contributed by atoms with Gasteiger partial charge in [-0.3, -0.25) is 0 Å². The highest BCUT2D eigenvalue weighted by Gasteiger charge is 2.24. The van der Waals surface area contributed by atoms with Gasteiger partial charge < -0.3 is 47.4 Å². The van der Waals surface area contributed by atoms with Crippen molar-refractivity contribution in [3.05, 3.63) is 163 Å². The van der Waals surface area contributed by atoms with Crippen LogP contribution in [-0.4, -0.2) is 111 Å². The van der Waals surface area contributed by atoms with Crippen LogP contribution in [-0.2, 0) is 33.2 Å². The topological polar surface area (TPSA) is 109 Å². The third-order valence-electron chi connectivity index (χ3n) is 9.23. The molecule has 5 aliphatic rings. The summed E-state index contributed by atoms with van der Waals surface area (Å²) in [5.74, 6) is 2.76. The standard InChI is InChI=1S/C16H16.3C9H10O2.2C4H8O2/c1-13(15-9-5-3-6-10-15)14(2)16-11-7-4-8-12-16;3*1-2-4-8(5-3-1)10-6-9-7-11-9;2*1-5-2-4-3-6-4/h3-12H,1-2H3;3*1-5,9H,6-7H2;2*4H,2-3H2,1H3. The zero-order valence-corrected chi connectivity index (χ0v) is 36.0. The fourth-order valence-electron chi connectivity index (χ4n) is 5.12. The molecule has 5 aromatic rings. The predicted molar refractivity (Wildman–Crippen MR) is 239 cm³/mol. The van der Waals surface area contributed by atoms with Gasteiger partial charge in [0.2, 0.25) is 0 Å². The first-order chi connectivity index (χ1) is 30.0. The molecule has 5 atom stereocenters. The summed E-state index contributed by atoms with van der Waals surface area (Å²) >= 11 is 0. The molecular formula is C51H62O10. The van der Waals surface area contributed by atoms with Gasteiger partial charge in [0.15, 0.2) is 0 Å². The molecule has 0 spiro atoms. The Morgan fingerprint density at radius 1 is 0.361 bits per heavy atom. The van der Waals surface area contributed by atoms with Gasteiger partial charge in [0.05, 0.1) is 46.2 Å². The van der Waals surface area contributed by atoms with Crippen molar-refractivity contribution >= 4 is 11.1 Å². The Kier molecular flexibility index (Phi) is 21.4. The summed E-state index contributed by atoms with van der Waals surface area (Å²) in [4.78, 5) is 0. The van der Waals surface area contributed by atoms with E-state index in [1.54, 1.807) is 14.2 Å². The van der Waals surface area contributed by atoms with Crippen LogP contribution in [0, 0.1) is 0 Å². The Balaban J connectivity index is 0.000000143. The molecule has 5 saturated heterocycles. The van der Waals surface area contributed by atoms with Crippen LogP contribution in [0.4, 0.5) is 0 Å². The van der Waals surface area contributed by atoms with Crippen molar-refractivity contribution < 1.29 is 47.4 Å². The van der Waals surface area contributed by atoms with Gasteiger partial charge in [0, 0.05) is 14.2 Å². The molecule has 5 aliphatic heterocycles. The monoisotopic (exact) mass is 834 g/mol. The fraction of sp³-hybridized carbons (Fsp3) is 0.373. The maximum atomic E-state index is 5.40. The molecule has 10 nitrogen and oxygen atoms in total. The lowest BCUT2D eigenvalue weighted by molar-refractivity contribution is 0.171. The van der Waals surface area contributed by atoms with Gasteiger partial charge in [0.25, 0.3) is 0 Å². The second-order valence-electron chi connectivity index (χ2n) is 14.5. The van der Waals surface area contributed by atoms with Crippen molar-refractivity contribution in [2.24, 2.45) is 0 Å². The SMILES string of the molecule is CC(=C(C)c1ccccc1)c1ccccc1.COCC1CO1.COCC1CO1.c1ccc(OCC2CO2)cc1.c1ccc(OCC2CO2)cc1.c1ccc(OCC2CO2)cc1. The summed E-state index contributed by atoms with van der Waals surface area (Å²) in [6.07, 6.45) is 1.88. The first-order valence-electron chi connectivity index (χ1n) is 20.9. The number of hydrogen-bond donors (Lipinski definition) is 0. The van der Waals surface area contributed by atoms with Gasteiger partial charge in [-0.1, -0.05) is 115 Å². The minimum atomic E-state index is 0.343. The molecule has 5 fully saturated rings. The molecule has 0 aromatic heterocycles. The van der Waals surface area contributed by atoms with Crippen molar-refractivity contribution in [1.29, 1.82) is 0 Å². The number of ether oxygens (including phenoxy) is 10. The van der Waals surface area contributed by atoms with Crippen LogP contribution in [0.25, 0.3) is 11.1 Å². The molecule has 61 heavy (non-hydrogen) atoms. The smallest absolute Gasteiger partial charge is 0.119 e. The Hall–Kier alpha value is -5.04. The summed E-state index contributed by atoms with van der Waals surface area (Å²) in [6, 6.07) is 50.4. The molecule has 0 saturated carbocycles. The van der Waals surface area contributed by atoms with E-state index in [0.717, 1.165) is 63.5 Å². The zero-order chi connectivity index (χ0) is 42.7. The minimum absolute atomic E-state index is 0.343. The zero-order valence-electron chi connectivity index (χ0n) is 36.0. The van der Waals surface area contributed by atoms with Crippen LogP contribution in [0.5, 0.6) is 17.2 Å². The van der Waals surface area contributed by atoms with Gasteiger partial charge >= 0.3 is 0 Å². The van der Waals surface area contributed by atoms with Gasteiger partial charge in [-0.05, 0) is 72.5 Å². The molecule has 5 unspecified atom stereocenters. The first kappa shape index (κ1) is 47.0. The number of hydrogen-bond acceptors (Lipinski definition) is 10. The number of benzene rings is 5. The summed E-state index contributed by atoms with van der Waals surface area (Å²) in [5, 5.41) is 0. The quantitative estimate of drug-likeness (QED) is 0.0749. The normalized spacial score (nSPS) is 20.7. The van der Waals surface area contributed by atoms with E-state index in [0.29, 0.717) is 50.3 Å². The third-order valence-corrected chi connectivity index (χ3v) is 9.23. The largest absolute Gasteiger partial charge is 0.491 e. The fourth-order valence-corrected chi connectivity index (χ4v) is 5.12. The Bertz CT molecular complexity index is 1680. The molecule has 0 radical (unpaired) electrons. The van der Waals surface area contributed by atoms with Crippen molar-refractivity contribution in [3.63, 3.8) is 0 Å². The van der Waals surface area contributed by atoms with E-state index in [-0.39, 0.29) is 0 Å². The lowest BCUT2D eigenvalue weighted by atomic mass is 9.97. The molecule has 0 aliphatic carbocycles. The average Bonchev–Trinajstić information content (AvgIpc) is 4.11. The van der Waals surface area contributed by atoms with Crippen LogP contribution >= 0.6 is 0 Å². The number of para-hydroxylation sites is 3. The van der Waals surface area contributed by atoms with Crippen LogP contribution in [0.15, 0.2) is 152 Å². The molecular weight excluding hydrogens is 773 g/mol. The predicted octanol–water partition coefficient (Wildman–Crippen LogP) is 9.09. The summed E-state index contributed by atoms with van der Waals surface area (Å²) in [7, 11) is 3.36. The minimum Gasteiger partial charge on any atom is -0.491 e. The maximum absolute atomic E-state index is 5.40. The van der Waals surface area contributed by atoms with Gasteiger partial charge in [-0.25, -0.2) is 0 Å². The third kappa shape index (κ3) is 22.4. The first-order valence-corrected chi connectivity index (χ1v) is 20.9. The summed E-state index contributed by atoms with van der Waals surface area (Å²) in [5.41, 5.74) is 5.27. The van der Waals surface area contributed by atoms with E-state index in [4.69, 9.17) is 47.4 Å². The summed E-state index contributed by atoms with van der Waals surface area (Å²) in [6.45, 7) is 12.3. The molecule has 326 valence electrons. The molecule has 10 rings (SSSR count). The van der Waals surface area contributed by atoms with Crippen LogP contribution in [0.1, 0.15) is 25.0 Å². The van der Waals surface area contributed by atoms with E-state index in [1.165, 1.54) is 22.3 Å². The van der Waals surface area contributed by atoms with Crippen molar-refractivity contribution in [2.75, 3.05) is 80.3 Å². The molecule has 0 bridgehead atoms. The lowest BCUT2D eigenvalue weighted by Gasteiger charge is -2.08. The average molecular weight is 835 g/mol. The van der Waals surface area contributed by atoms with Crippen LogP contribution in [0.2, 0.25) is 0 Å². The van der Waals surface area contributed by atoms with E-state index >= 15 is 0 Å². The summed E-state index contributed by atoms with van der Waals surface area (Å²) < 4.78 is 50.4. The number of rotatable bonds is 15. The van der Waals surface area contributed by atoms with E-state index in [2.05, 4.69) is 74.5 Å². The Morgan fingerprint density at radius 3 is 0.770 bits per heavy atom. The number of allylic oxidation sites excluding steroid dienone is 2. The number of epoxide rings is 5. The lowest BCUT2D eigenvalue weighted by Crippen LogP contribution is -2.03. The van der Waals surface area contributed by atoms with E-state index in [9.17, 15) is 0 Å². The second-order valence-corrected chi connectivity index (χ2v) is 14.5. The van der Waals surface area contributed by atoms with E-state index < -0.39 is 0 Å².